The molecule has 0 atom stereocenters. The number of nitrogen functional groups attached to an aromatic ring is 1. The highest BCUT2D eigenvalue weighted by atomic mass is 32.2. The number of nitrogens with one attached hydrogen (secondary N) is 1. The van der Waals surface area contributed by atoms with E-state index in [2.05, 4.69) is 15.2 Å². The smallest absolute Gasteiger partial charge is 0.330 e. The molecule has 10 nitrogen and oxygen atoms in total. The fourth-order valence-corrected chi connectivity index (χ4v) is 4.10. The number of nitrogens with zero attached hydrogens (tertiary/aromatic N) is 4. The Hall–Kier alpha value is -3.34. The number of thioether (sulfide) groups is 1. The van der Waals surface area contributed by atoms with E-state index in [1.54, 1.807) is 0 Å². The van der Waals surface area contributed by atoms with E-state index in [9.17, 15) is 14.4 Å². The van der Waals surface area contributed by atoms with Crippen LogP contribution in [0.4, 0.5) is 11.5 Å². The summed E-state index contributed by atoms with van der Waals surface area (Å²) in [5.74, 6) is 0.0957. The van der Waals surface area contributed by atoms with Crippen molar-refractivity contribution in [2.24, 2.45) is 11.8 Å². The summed E-state index contributed by atoms with van der Waals surface area (Å²) in [4.78, 5) is 41.9. The molecule has 0 fully saturated rings. The Kier molecular flexibility index (Phi) is 7.98. The zero-order chi connectivity index (χ0) is 25.0. The van der Waals surface area contributed by atoms with Gasteiger partial charge in [-0.1, -0.05) is 57.7 Å². The molecule has 0 unspecified atom stereocenters. The highest BCUT2D eigenvalue weighted by Gasteiger charge is 2.26. The molecular weight excluding hydrogens is 456 g/mol. The molecular formula is C23H30N6O4S. The van der Waals surface area contributed by atoms with Crippen LogP contribution in [0.3, 0.4) is 0 Å². The molecule has 0 aliphatic rings. The van der Waals surface area contributed by atoms with E-state index in [0.717, 1.165) is 22.9 Å². The normalized spacial score (nSPS) is 11.4. The summed E-state index contributed by atoms with van der Waals surface area (Å²) < 4.78 is 7.02. The van der Waals surface area contributed by atoms with Crippen LogP contribution in [0.5, 0.6) is 0 Å². The van der Waals surface area contributed by atoms with Gasteiger partial charge in [-0.15, -0.1) is 10.2 Å². The summed E-state index contributed by atoms with van der Waals surface area (Å²) in [5, 5.41) is 8.35. The van der Waals surface area contributed by atoms with Gasteiger partial charge >= 0.3 is 5.69 Å². The van der Waals surface area contributed by atoms with Crippen LogP contribution >= 0.6 is 11.8 Å². The second-order valence-electron chi connectivity index (χ2n) is 8.87. The number of nitrogens with two attached hydrogens (primary N) is 1. The molecule has 2 heterocycles. The number of H-pyrrole nitrogens is 1. The first-order chi connectivity index (χ1) is 16.1. The lowest BCUT2D eigenvalue weighted by Crippen LogP contribution is -2.43. The van der Waals surface area contributed by atoms with E-state index in [4.69, 9.17) is 10.2 Å². The molecule has 2 aromatic heterocycles. The topological polar surface area (TPSA) is 140 Å². The molecule has 1 aromatic carbocycles. The zero-order valence-corrected chi connectivity index (χ0v) is 20.8. The largest absolute Gasteiger partial charge is 0.411 e. The number of aromatic amines is 1. The van der Waals surface area contributed by atoms with Gasteiger partial charge in [0.25, 0.3) is 10.8 Å². The molecule has 3 aromatic rings. The third kappa shape index (κ3) is 5.77. The van der Waals surface area contributed by atoms with Crippen LogP contribution in [0.15, 0.2) is 43.5 Å². The maximum atomic E-state index is 13.2. The van der Waals surface area contributed by atoms with Gasteiger partial charge < -0.3 is 15.1 Å². The Morgan fingerprint density at radius 2 is 1.88 bits per heavy atom. The van der Waals surface area contributed by atoms with E-state index in [0.29, 0.717) is 12.4 Å². The summed E-state index contributed by atoms with van der Waals surface area (Å²) in [6.45, 7) is 10.2. The van der Waals surface area contributed by atoms with Gasteiger partial charge in [0.05, 0.1) is 5.75 Å². The van der Waals surface area contributed by atoms with E-state index >= 15 is 0 Å². The van der Waals surface area contributed by atoms with Gasteiger partial charge in [-0.3, -0.25) is 19.1 Å². The first-order valence-electron chi connectivity index (χ1n) is 11.0. The summed E-state index contributed by atoms with van der Waals surface area (Å²) in [6, 6.07) is 7.63. The number of benzene rings is 1. The lowest BCUT2D eigenvalue weighted by Gasteiger charge is -2.26. The van der Waals surface area contributed by atoms with Gasteiger partial charge in [0.2, 0.25) is 11.8 Å². The van der Waals surface area contributed by atoms with Crippen molar-refractivity contribution in [3.8, 4) is 11.5 Å². The summed E-state index contributed by atoms with van der Waals surface area (Å²) in [7, 11) is 0. The Labute approximate surface area is 201 Å². The lowest BCUT2D eigenvalue weighted by molar-refractivity contribution is -0.116. The van der Waals surface area contributed by atoms with Crippen LogP contribution in [-0.4, -0.2) is 38.0 Å². The number of anilines is 2. The maximum Gasteiger partial charge on any atom is 0.330 e. The molecule has 0 aliphatic heterocycles. The summed E-state index contributed by atoms with van der Waals surface area (Å²) in [5.41, 5.74) is 6.74. The predicted octanol–water partition coefficient (Wildman–Crippen LogP) is 2.91. The van der Waals surface area contributed by atoms with Gasteiger partial charge in [0.15, 0.2) is 5.69 Å². The van der Waals surface area contributed by atoms with Crippen molar-refractivity contribution in [1.29, 1.82) is 0 Å². The van der Waals surface area contributed by atoms with Crippen molar-refractivity contribution in [1.82, 2.24) is 19.7 Å². The van der Waals surface area contributed by atoms with E-state index in [-0.39, 0.29) is 46.8 Å². The number of aromatic nitrogens is 4. The van der Waals surface area contributed by atoms with Crippen molar-refractivity contribution < 1.29 is 9.21 Å². The monoisotopic (exact) mass is 486 g/mol. The zero-order valence-electron chi connectivity index (χ0n) is 20.0. The highest BCUT2D eigenvalue weighted by molar-refractivity contribution is 7.99. The minimum absolute atomic E-state index is 0.0225. The lowest BCUT2D eigenvalue weighted by atomic mass is 10.1. The van der Waals surface area contributed by atoms with Crippen LogP contribution in [0.25, 0.3) is 11.5 Å². The van der Waals surface area contributed by atoms with Crippen molar-refractivity contribution in [3.05, 3.63) is 50.7 Å². The number of carbonyl (C=O) groups excluding carboxylic acids is 1. The Morgan fingerprint density at radius 1 is 1.18 bits per heavy atom. The van der Waals surface area contributed by atoms with E-state index < -0.39 is 11.2 Å². The minimum Gasteiger partial charge on any atom is -0.411 e. The number of rotatable bonds is 9. The molecule has 3 rings (SSSR count). The Morgan fingerprint density at radius 3 is 2.53 bits per heavy atom. The van der Waals surface area contributed by atoms with Gasteiger partial charge in [0.1, 0.15) is 5.82 Å². The van der Waals surface area contributed by atoms with Crippen LogP contribution in [-0.2, 0) is 11.3 Å². The molecule has 0 saturated heterocycles. The molecule has 0 radical (unpaired) electrons. The van der Waals surface area contributed by atoms with E-state index in [1.807, 2.05) is 58.9 Å². The molecule has 34 heavy (non-hydrogen) atoms. The van der Waals surface area contributed by atoms with Crippen molar-refractivity contribution in [2.45, 2.75) is 46.4 Å². The van der Waals surface area contributed by atoms with Crippen LogP contribution in [0.2, 0.25) is 0 Å². The average molecular weight is 487 g/mol. The SMILES string of the molecule is Cc1ccccc1-c1nnc(SCC(=O)N(CC(C)C)c2c(N)n(CC(C)C)c(=O)[nH]c2=O)o1. The third-order valence-electron chi connectivity index (χ3n) is 4.98. The van der Waals surface area contributed by atoms with E-state index in [1.165, 1.54) is 9.47 Å². The number of hydrogen-bond acceptors (Lipinski definition) is 8. The summed E-state index contributed by atoms with van der Waals surface area (Å²) in [6.07, 6.45) is 0. The standard InChI is InChI=1S/C23H30N6O4S/c1-13(2)10-28(18-19(24)29(11-14(3)4)22(32)25-20(18)31)17(30)12-34-23-27-26-21(33-23)16-9-7-6-8-15(16)5/h6-9,13-14H,10-12,24H2,1-5H3,(H,25,31,32). The first kappa shape index (κ1) is 25.3. The van der Waals surface area contributed by atoms with Gasteiger partial charge in [-0.25, -0.2) is 4.79 Å². The maximum absolute atomic E-state index is 13.2. The molecule has 0 spiro atoms. The second-order valence-corrected chi connectivity index (χ2v) is 9.80. The van der Waals surface area contributed by atoms with Crippen LogP contribution < -0.4 is 21.9 Å². The minimum atomic E-state index is -0.693. The Bertz CT molecular complexity index is 1280. The first-order valence-corrected chi connectivity index (χ1v) is 12.0. The molecule has 182 valence electrons. The fraction of sp³-hybridized carbons (Fsp3) is 0.435. The molecule has 3 N–H and O–H groups in total. The molecule has 0 saturated carbocycles. The predicted molar refractivity (Wildman–Crippen MR) is 133 cm³/mol. The highest BCUT2D eigenvalue weighted by Crippen LogP contribution is 2.26. The van der Waals surface area contributed by atoms with Crippen molar-refractivity contribution >= 4 is 29.2 Å². The fourth-order valence-electron chi connectivity index (χ4n) is 3.46. The van der Waals surface area contributed by atoms with Crippen LogP contribution in [0, 0.1) is 18.8 Å². The van der Waals surface area contributed by atoms with Crippen LogP contribution in [0.1, 0.15) is 33.3 Å². The molecule has 0 bridgehead atoms. The van der Waals surface area contributed by atoms with Crippen molar-refractivity contribution in [2.75, 3.05) is 22.9 Å². The molecule has 0 aliphatic carbocycles. The molecule has 1 amide bonds. The number of aryl methyl sites for hydroxylation is 1. The third-order valence-corrected chi connectivity index (χ3v) is 5.78. The number of hydrogen-bond donors (Lipinski definition) is 2. The molecule has 11 heteroatoms. The van der Waals surface area contributed by atoms with Crippen molar-refractivity contribution in [3.63, 3.8) is 0 Å². The Balaban J connectivity index is 1.86. The van der Waals surface area contributed by atoms with Gasteiger partial charge in [-0.2, -0.15) is 0 Å². The number of amides is 1. The number of carbonyl (C=O) groups is 1. The summed E-state index contributed by atoms with van der Waals surface area (Å²) >= 11 is 1.08. The quantitative estimate of drug-likeness (QED) is 0.440. The van der Waals surface area contributed by atoms with Gasteiger partial charge in [0, 0.05) is 18.7 Å². The van der Waals surface area contributed by atoms with Gasteiger partial charge in [-0.05, 0) is 30.4 Å². The average Bonchev–Trinajstić information content (AvgIpc) is 3.23. The second kappa shape index (κ2) is 10.7.